The fraction of sp³-hybridized carbons (Fsp3) is 0.286. The third kappa shape index (κ3) is 7.23. The summed E-state index contributed by atoms with van der Waals surface area (Å²) in [6, 6.07) is 16.6. The van der Waals surface area contributed by atoms with E-state index < -0.39 is 8.80 Å². The smallest absolute Gasteiger partial charge is 0.385 e. The van der Waals surface area contributed by atoms with E-state index in [2.05, 4.69) is 29.3 Å². The molecule has 2 aromatic carbocycles. The minimum Gasteiger partial charge on any atom is -0.385 e. The average molecular weight is 528 g/mol. The highest BCUT2D eigenvalue weighted by atomic mass is 127. The molecule has 0 aliphatic rings. The second-order valence-electron chi connectivity index (χ2n) is 6.14. The van der Waals surface area contributed by atoms with Gasteiger partial charge in [0.15, 0.2) is 0 Å². The summed E-state index contributed by atoms with van der Waals surface area (Å²) in [7, 11) is 2.35. The Morgan fingerprint density at radius 3 is 2.24 bits per heavy atom. The molecule has 8 heteroatoms. The van der Waals surface area contributed by atoms with E-state index in [4.69, 9.17) is 13.3 Å². The van der Waals surface area contributed by atoms with Crippen LogP contribution in [0.3, 0.4) is 0 Å². The molecule has 0 aliphatic heterocycles. The zero-order chi connectivity index (χ0) is 20.4. The van der Waals surface area contributed by atoms with E-state index in [1.54, 1.807) is 21.3 Å². The third-order valence-corrected chi connectivity index (χ3v) is 7.32. The first-order valence-electron chi connectivity index (χ1n) is 9.09. The molecule has 0 bridgehead atoms. The van der Waals surface area contributed by atoms with Crippen molar-refractivity contribution >= 4 is 50.1 Å². The number of amides is 1. The van der Waals surface area contributed by atoms with Crippen molar-refractivity contribution in [2.45, 2.75) is 12.5 Å². The molecule has 0 unspecified atom stereocenters. The third-order valence-electron chi connectivity index (χ3n) is 4.48. The van der Waals surface area contributed by atoms with Crippen LogP contribution < -0.4 is 10.6 Å². The Kier molecular flexibility index (Phi) is 11.1. The van der Waals surface area contributed by atoms with Crippen molar-refractivity contribution in [2.75, 3.05) is 38.5 Å². The molecule has 29 heavy (non-hydrogen) atoms. The number of carbonyl (C=O) groups is 1. The molecule has 2 aromatic rings. The molecule has 2 N–H and O–H groups in total. The van der Waals surface area contributed by atoms with Gasteiger partial charge in [0.2, 0.25) is 5.91 Å². The van der Waals surface area contributed by atoms with Crippen LogP contribution in [0.5, 0.6) is 0 Å². The molecule has 0 fully saturated rings. The fourth-order valence-electron chi connectivity index (χ4n) is 2.90. The number of hydrogen-bond donors (Lipinski definition) is 2. The van der Waals surface area contributed by atoms with Crippen molar-refractivity contribution in [2.24, 2.45) is 0 Å². The summed E-state index contributed by atoms with van der Waals surface area (Å²) in [6.45, 7) is 4.23. The summed E-state index contributed by atoms with van der Waals surface area (Å²) >= 11 is 0. The van der Waals surface area contributed by atoms with Gasteiger partial charge >= 0.3 is 8.80 Å². The number of para-hydroxylation sites is 1. The van der Waals surface area contributed by atoms with E-state index in [1.807, 2.05) is 36.4 Å². The molecule has 0 saturated heterocycles. The monoisotopic (exact) mass is 528 g/mol. The van der Waals surface area contributed by atoms with Crippen LogP contribution in [-0.4, -0.2) is 42.6 Å². The second-order valence-corrected chi connectivity index (χ2v) is 9.23. The summed E-state index contributed by atoms with van der Waals surface area (Å²) in [5.41, 5.74) is 3.94. The zero-order valence-corrected chi connectivity index (χ0v) is 20.4. The average Bonchev–Trinajstić information content (AvgIpc) is 2.75. The molecule has 0 atom stereocenters. The number of nitrogens with one attached hydrogen (secondary N) is 2. The summed E-state index contributed by atoms with van der Waals surface area (Å²) in [4.78, 5) is 11.4. The Morgan fingerprint density at radius 2 is 1.66 bits per heavy atom. The van der Waals surface area contributed by atoms with Gasteiger partial charge < -0.3 is 23.9 Å². The predicted octanol–water partition coefficient (Wildman–Crippen LogP) is 4.78. The number of rotatable bonds is 11. The lowest BCUT2D eigenvalue weighted by molar-refractivity contribution is -0.111. The van der Waals surface area contributed by atoms with Crippen molar-refractivity contribution in [1.29, 1.82) is 0 Å². The molecule has 1 amide bonds. The highest BCUT2D eigenvalue weighted by Crippen LogP contribution is 2.29. The van der Waals surface area contributed by atoms with E-state index in [1.165, 1.54) is 6.08 Å². The fourth-order valence-corrected chi connectivity index (χ4v) is 4.62. The summed E-state index contributed by atoms with van der Waals surface area (Å²) in [5, 5.41) is 6.24. The molecule has 0 radical (unpaired) electrons. The van der Waals surface area contributed by atoms with E-state index in [0.717, 1.165) is 41.5 Å². The van der Waals surface area contributed by atoms with Crippen LogP contribution in [-0.2, 0) is 18.1 Å². The lowest BCUT2D eigenvalue weighted by atomic mass is 10.0. The Hall–Kier alpha value is -1.72. The van der Waals surface area contributed by atoms with E-state index in [-0.39, 0.29) is 29.9 Å². The van der Waals surface area contributed by atoms with Gasteiger partial charge in [-0.15, -0.1) is 24.0 Å². The first-order valence-corrected chi connectivity index (χ1v) is 11.0. The number of halogens is 1. The molecule has 158 valence electrons. The van der Waals surface area contributed by atoms with E-state index in [9.17, 15) is 4.79 Å². The Balaban J connectivity index is 0.00000420. The van der Waals surface area contributed by atoms with E-state index in [0.29, 0.717) is 0 Å². The number of hydrogen-bond acceptors (Lipinski definition) is 5. The van der Waals surface area contributed by atoms with Gasteiger partial charge in [0, 0.05) is 50.9 Å². The second kappa shape index (κ2) is 12.8. The highest BCUT2D eigenvalue weighted by Gasteiger charge is 2.36. The maximum atomic E-state index is 11.4. The molecule has 0 aliphatic carbocycles. The minimum atomic E-state index is -2.54. The maximum absolute atomic E-state index is 11.4. The number of carbonyl (C=O) groups excluding carboxylic acids is 1. The Morgan fingerprint density at radius 1 is 1.03 bits per heavy atom. The van der Waals surface area contributed by atoms with Crippen LogP contribution in [0, 0.1) is 0 Å². The van der Waals surface area contributed by atoms with Gasteiger partial charge in [-0.05, 0) is 36.3 Å². The molecular weight excluding hydrogens is 499 g/mol. The molecule has 0 heterocycles. The van der Waals surface area contributed by atoms with Gasteiger partial charge in [-0.1, -0.05) is 36.9 Å². The quantitative estimate of drug-likeness (QED) is 0.190. The van der Waals surface area contributed by atoms with Crippen LogP contribution in [0.15, 0.2) is 61.2 Å². The zero-order valence-electron chi connectivity index (χ0n) is 17.1. The van der Waals surface area contributed by atoms with Crippen molar-refractivity contribution in [1.82, 2.24) is 0 Å². The largest absolute Gasteiger partial charge is 0.500 e. The normalized spacial score (nSPS) is 10.7. The lowest BCUT2D eigenvalue weighted by Crippen LogP contribution is -2.42. The van der Waals surface area contributed by atoms with Gasteiger partial charge in [0.25, 0.3) is 0 Å². The van der Waals surface area contributed by atoms with Crippen molar-refractivity contribution in [3.8, 4) is 11.1 Å². The van der Waals surface area contributed by atoms with Crippen molar-refractivity contribution < 1.29 is 18.1 Å². The molecule has 0 spiro atoms. The van der Waals surface area contributed by atoms with Gasteiger partial charge in [-0.2, -0.15) is 0 Å². The Bertz CT molecular complexity index is 774. The van der Waals surface area contributed by atoms with Crippen LogP contribution in [0.4, 0.5) is 11.4 Å². The minimum absolute atomic E-state index is 0. The summed E-state index contributed by atoms with van der Waals surface area (Å²) in [6.07, 6.45) is 2.12. The standard InChI is InChI=1S/C21H28N2O4Si.HI/c1-5-21(24)23-18-13-11-17(12-14-18)19-9-6-7-10-20(19)22-15-8-16-28(25-2,26-3)27-4;/h5-7,9-14,22H,1,8,15-16H2,2-4H3,(H,23,24);1H. The molecule has 2 rings (SSSR count). The van der Waals surface area contributed by atoms with Crippen LogP contribution in [0.2, 0.25) is 6.04 Å². The molecular formula is C21H29IN2O4Si. The van der Waals surface area contributed by atoms with Crippen LogP contribution >= 0.6 is 24.0 Å². The van der Waals surface area contributed by atoms with Gasteiger partial charge in [-0.3, -0.25) is 4.79 Å². The van der Waals surface area contributed by atoms with Crippen molar-refractivity contribution in [3.05, 3.63) is 61.2 Å². The topological polar surface area (TPSA) is 68.8 Å². The van der Waals surface area contributed by atoms with E-state index >= 15 is 0 Å². The molecule has 6 nitrogen and oxygen atoms in total. The van der Waals surface area contributed by atoms with Crippen LogP contribution in [0.25, 0.3) is 11.1 Å². The predicted molar refractivity (Wildman–Crippen MR) is 131 cm³/mol. The lowest BCUT2D eigenvalue weighted by Gasteiger charge is -2.24. The maximum Gasteiger partial charge on any atom is 0.500 e. The molecule has 0 aromatic heterocycles. The van der Waals surface area contributed by atoms with Gasteiger partial charge in [0.1, 0.15) is 0 Å². The summed E-state index contributed by atoms with van der Waals surface area (Å²) < 4.78 is 16.4. The summed E-state index contributed by atoms with van der Waals surface area (Å²) in [5.74, 6) is -0.224. The highest BCUT2D eigenvalue weighted by molar-refractivity contribution is 14.0. The van der Waals surface area contributed by atoms with Crippen molar-refractivity contribution in [3.63, 3.8) is 0 Å². The number of benzene rings is 2. The van der Waals surface area contributed by atoms with Crippen LogP contribution in [0.1, 0.15) is 6.42 Å². The van der Waals surface area contributed by atoms with Gasteiger partial charge in [-0.25, -0.2) is 0 Å². The van der Waals surface area contributed by atoms with Gasteiger partial charge in [0.05, 0.1) is 0 Å². The Labute approximate surface area is 191 Å². The molecule has 0 saturated carbocycles. The first-order chi connectivity index (χ1) is 13.6. The SMILES string of the molecule is C=CC(=O)Nc1ccc(-c2ccccc2NCCC[Si](OC)(OC)OC)cc1.I. The first kappa shape index (κ1) is 25.3. The number of anilines is 2.